The van der Waals surface area contributed by atoms with Gasteiger partial charge in [0.25, 0.3) is 0 Å². The molecule has 0 aliphatic carbocycles. The molecule has 0 aliphatic rings. The smallest absolute Gasteiger partial charge is 0.229 e. The summed E-state index contributed by atoms with van der Waals surface area (Å²) in [5.41, 5.74) is 2.85. The highest BCUT2D eigenvalue weighted by molar-refractivity contribution is 7.14. The summed E-state index contributed by atoms with van der Waals surface area (Å²) in [6.07, 6.45) is 0.270. The van der Waals surface area contributed by atoms with Gasteiger partial charge in [-0.1, -0.05) is 18.2 Å². The molecule has 1 N–H and O–H groups in total. The van der Waals surface area contributed by atoms with E-state index in [4.69, 9.17) is 9.47 Å². The number of ether oxygens (including phenoxy) is 2. The van der Waals surface area contributed by atoms with E-state index >= 15 is 0 Å². The predicted molar refractivity (Wildman–Crippen MR) is 104 cm³/mol. The summed E-state index contributed by atoms with van der Waals surface area (Å²) in [6, 6.07) is 15.4. The Balaban J connectivity index is 1.51. The number of carbonyl (C=O) groups excluding carboxylic acids is 1. The Morgan fingerprint density at radius 1 is 1.15 bits per heavy atom. The highest BCUT2D eigenvalue weighted by atomic mass is 32.1. The quantitative estimate of drug-likeness (QED) is 0.665. The molecular formula is C20H20N2O3S. The van der Waals surface area contributed by atoms with Crippen LogP contribution in [0.4, 0.5) is 5.13 Å². The average Bonchev–Trinajstić information content (AvgIpc) is 3.12. The maximum absolute atomic E-state index is 12.1. The van der Waals surface area contributed by atoms with Crippen molar-refractivity contribution in [2.45, 2.75) is 13.3 Å². The van der Waals surface area contributed by atoms with E-state index in [1.807, 2.05) is 60.8 Å². The highest BCUT2D eigenvalue weighted by Crippen LogP contribution is 2.26. The van der Waals surface area contributed by atoms with Gasteiger partial charge in [-0.25, -0.2) is 4.98 Å². The van der Waals surface area contributed by atoms with E-state index in [0.29, 0.717) is 11.7 Å². The zero-order valence-electron chi connectivity index (χ0n) is 14.7. The number of aromatic nitrogens is 1. The molecule has 0 atom stereocenters. The Labute approximate surface area is 156 Å². The number of rotatable bonds is 7. The van der Waals surface area contributed by atoms with Crippen LogP contribution in [-0.2, 0) is 4.79 Å². The molecule has 3 rings (SSSR count). The van der Waals surface area contributed by atoms with Gasteiger partial charge in [-0.2, -0.15) is 0 Å². The third-order valence-electron chi connectivity index (χ3n) is 3.82. The van der Waals surface area contributed by atoms with Gasteiger partial charge in [0.15, 0.2) is 5.13 Å². The molecule has 0 unspecified atom stereocenters. The van der Waals surface area contributed by atoms with E-state index < -0.39 is 0 Å². The minimum absolute atomic E-state index is 0.116. The van der Waals surface area contributed by atoms with Crippen molar-refractivity contribution in [1.82, 2.24) is 4.98 Å². The molecule has 0 aliphatic heterocycles. The van der Waals surface area contributed by atoms with Crippen LogP contribution < -0.4 is 14.8 Å². The zero-order chi connectivity index (χ0) is 18.4. The third kappa shape index (κ3) is 4.61. The lowest BCUT2D eigenvalue weighted by Crippen LogP contribution is -2.15. The van der Waals surface area contributed by atoms with Gasteiger partial charge < -0.3 is 14.8 Å². The number of methoxy groups -OCH3 is 1. The van der Waals surface area contributed by atoms with Crippen LogP contribution in [0.5, 0.6) is 11.5 Å². The fraction of sp³-hybridized carbons (Fsp3) is 0.200. The average molecular weight is 368 g/mol. The fourth-order valence-corrected chi connectivity index (χ4v) is 3.12. The number of benzene rings is 2. The first-order valence-electron chi connectivity index (χ1n) is 8.24. The van der Waals surface area contributed by atoms with Crippen molar-refractivity contribution in [2.24, 2.45) is 0 Å². The van der Waals surface area contributed by atoms with Crippen molar-refractivity contribution in [3.05, 3.63) is 59.5 Å². The maximum Gasteiger partial charge on any atom is 0.229 e. The number of anilines is 1. The number of carbonyl (C=O) groups is 1. The van der Waals surface area contributed by atoms with Gasteiger partial charge in [0.1, 0.15) is 11.5 Å². The van der Waals surface area contributed by atoms with E-state index in [-0.39, 0.29) is 12.3 Å². The number of nitrogens with one attached hydrogen (secondary N) is 1. The molecule has 134 valence electrons. The second-order valence-corrected chi connectivity index (χ2v) is 6.54. The fourth-order valence-electron chi connectivity index (χ4n) is 2.38. The van der Waals surface area contributed by atoms with Crippen LogP contribution in [0.3, 0.4) is 0 Å². The summed E-state index contributed by atoms with van der Waals surface area (Å²) < 4.78 is 10.8. The minimum atomic E-state index is -0.116. The first kappa shape index (κ1) is 17.9. The lowest BCUT2D eigenvalue weighted by molar-refractivity contribution is -0.116. The van der Waals surface area contributed by atoms with E-state index in [2.05, 4.69) is 10.3 Å². The van der Waals surface area contributed by atoms with Crippen molar-refractivity contribution in [3.63, 3.8) is 0 Å². The van der Waals surface area contributed by atoms with E-state index in [1.165, 1.54) is 11.3 Å². The summed E-state index contributed by atoms with van der Waals surface area (Å²) in [5, 5.41) is 5.32. The summed E-state index contributed by atoms with van der Waals surface area (Å²) in [7, 11) is 1.63. The molecule has 0 bridgehead atoms. The Bertz CT molecular complexity index is 875. The minimum Gasteiger partial charge on any atom is -0.497 e. The number of thiazole rings is 1. The Hall–Kier alpha value is -2.86. The van der Waals surface area contributed by atoms with Gasteiger partial charge in [-0.05, 0) is 42.8 Å². The van der Waals surface area contributed by atoms with Crippen LogP contribution in [0, 0.1) is 6.92 Å². The molecule has 2 aromatic carbocycles. The number of nitrogens with zero attached hydrogens (tertiary/aromatic N) is 1. The summed E-state index contributed by atoms with van der Waals surface area (Å²) in [5.74, 6) is 1.48. The van der Waals surface area contributed by atoms with Crippen LogP contribution in [0.15, 0.2) is 53.9 Å². The molecule has 5 nitrogen and oxygen atoms in total. The molecule has 0 fully saturated rings. The number of hydrogen-bond donors (Lipinski definition) is 1. The molecule has 6 heteroatoms. The first-order chi connectivity index (χ1) is 12.7. The summed E-state index contributed by atoms with van der Waals surface area (Å²) >= 11 is 1.40. The number of para-hydroxylation sites is 1. The van der Waals surface area contributed by atoms with Crippen molar-refractivity contribution < 1.29 is 14.3 Å². The second kappa shape index (κ2) is 8.49. The normalized spacial score (nSPS) is 10.4. The second-order valence-electron chi connectivity index (χ2n) is 5.68. The predicted octanol–water partition coefficient (Wildman–Crippen LogP) is 4.53. The first-order valence-corrected chi connectivity index (χ1v) is 9.12. The van der Waals surface area contributed by atoms with Crippen molar-refractivity contribution in [1.29, 1.82) is 0 Å². The molecule has 1 heterocycles. The Kier molecular flexibility index (Phi) is 5.86. The van der Waals surface area contributed by atoms with Gasteiger partial charge in [0.2, 0.25) is 5.91 Å². The third-order valence-corrected chi connectivity index (χ3v) is 4.57. The molecule has 3 aromatic rings. The van der Waals surface area contributed by atoms with Crippen LogP contribution in [0.25, 0.3) is 11.3 Å². The number of aryl methyl sites for hydroxylation is 1. The maximum atomic E-state index is 12.1. The molecule has 0 radical (unpaired) electrons. The molecule has 1 aromatic heterocycles. The van der Waals surface area contributed by atoms with Crippen LogP contribution in [0.2, 0.25) is 0 Å². The SMILES string of the molecule is COc1ccc(-c2csc(NC(=O)CCOc3ccccc3C)n2)cc1. The summed E-state index contributed by atoms with van der Waals surface area (Å²) in [6.45, 7) is 2.30. The molecule has 0 spiro atoms. The molecule has 1 amide bonds. The van der Waals surface area contributed by atoms with Gasteiger partial charge in [-0.15, -0.1) is 11.3 Å². The van der Waals surface area contributed by atoms with Gasteiger partial charge >= 0.3 is 0 Å². The number of amides is 1. The Morgan fingerprint density at radius 3 is 2.65 bits per heavy atom. The lowest BCUT2D eigenvalue weighted by atomic mass is 10.2. The van der Waals surface area contributed by atoms with Crippen molar-refractivity contribution in [3.8, 4) is 22.8 Å². The van der Waals surface area contributed by atoms with Gasteiger partial charge in [0.05, 0.1) is 25.8 Å². The molecule has 0 saturated carbocycles. The molecular weight excluding hydrogens is 348 g/mol. The van der Waals surface area contributed by atoms with Crippen LogP contribution >= 0.6 is 11.3 Å². The van der Waals surface area contributed by atoms with Crippen LogP contribution in [-0.4, -0.2) is 24.6 Å². The topological polar surface area (TPSA) is 60.5 Å². The summed E-state index contributed by atoms with van der Waals surface area (Å²) in [4.78, 5) is 16.5. The number of hydrogen-bond acceptors (Lipinski definition) is 5. The monoisotopic (exact) mass is 368 g/mol. The van der Waals surface area contributed by atoms with E-state index in [0.717, 1.165) is 28.3 Å². The molecule has 26 heavy (non-hydrogen) atoms. The Morgan fingerprint density at radius 2 is 1.92 bits per heavy atom. The van der Waals surface area contributed by atoms with E-state index in [9.17, 15) is 4.79 Å². The lowest BCUT2D eigenvalue weighted by Gasteiger charge is -2.08. The highest BCUT2D eigenvalue weighted by Gasteiger charge is 2.09. The molecule has 0 saturated heterocycles. The van der Waals surface area contributed by atoms with Gasteiger partial charge in [-0.3, -0.25) is 4.79 Å². The van der Waals surface area contributed by atoms with E-state index in [1.54, 1.807) is 7.11 Å². The van der Waals surface area contributed by atoms with Crippen LogP contribution in [0.1, 0.15) is 12.0 Å². The van der Waals surface area contributed by atoms with Crippen molar-refractivity contribution in [2.75, 3.05) is 19.0 Å². The van der Waals surface area contributed by atoms with Crippen molar-refractivity contribution >= 4 is 22.4 Å². The largest absolute Gasteiger partial charge is 0.497 e. The van der Waals surface area contributed by atoms with Gasteiger partial charge in [0, 0.05) is 10.9 Å². The standard InChI is InChI=1S/C20H20N2O3S/c1-14-5-3-4-6-18(14)25-12-11-19(23)22-20-21-17(13-26-20)15-7-9-16(24-2)10-8-15/h3-10,13H,11-12H2,1-2H3,(H,21,22,23). The zero-order valence-corrected chi connectivity index (χ0v) is 15.5.